The van der Waals surface area contributed by atoms with Gasteiger partial charge in [-0.25, -0.2) is 0 Å². The van der Waals surface area contributed by atoms with Crippen LogP contribution in [0.15, 0.2) is 18.2 Å². The number of hydrogen-bond acceptors (Lipinski definition) is 5. The van der Waals surface area contributed by atoms with Gasteiger partial charge in [-0.05, 0) is 45.3 Å². The molecular weight excluding hydrogens is 305 g/mol. The predicted molar refractivity (Wildman–Crippen MR) is 93.2 cm³/mol. The van der Waals surface area contributed by atoms with Crippen molar-refractivity contribution < 1.29 is 19.2 Å². The molecule has 0 spiro atoms. The van der Waals surface area contributed by atoms with Crippen LogP contribution in [-0.4, -0.2) is 36.6 Å². The highest BCUT2D eigenvalue weighted by atomic mass is 16.7. The number of aliphatic hydroxyl groups excluding tert-OH is 1. The highest BCUT2D eigenvalue weighted by Gasteiger charge is 2.51. The average Bonchev–Trinajstić information content (AvgIpc) is 2.73. The van der Waals surface area contributed by atoms with Crippen LogP contribution in [0, 0.1) is 16.7 Å². The molecule has 1 saturated heterocycles. The Morgan fingerprint density at radius 3 is 2.29 bits per heavy atom. The van der Waals surface area contributed by atoms with Gasteiger partial charge in [-0.2, -0.15) is 5.26 Å². The van der Waals surface area contributed by atoms with Crippen LogP contribution in [0.4, 0.5) is 0 Å². The van der Waals surface area contributed by atoms with Gasteiger partial charge in [0.05, 0.1) is 30.0 Å². The first-order valence-electron chi connectivity index (χ1n) is 8.15. The normalized spacial score (nSPS) is 19.2. The van der Waals surface area contributed by atoms with Gasteiger partial charge < -0.3 is 19.2 Å². The van der Waals surface area contributed by atoms with Crippen molar-refractivity contribution in [1.29, 1.82) is 5.26 Å². The van der Waals surface area contributed by atoms with Crippen LogP contribution in [0.2, 0.25) is 0 Å². The van der Waals surface area contributed by atoms with Crippen molar-refractivity contribution in [3.8, 4) is 11.8 Å². The first kappa shape index (κ1) is 18.8. The largest absolute Gasteiger partial charge is 0.494 e. The highest BCUT2D eigenvalue weighted by molar-refractivity contribution is 6.62. The van der Waals surface area contributed by atoms with Crippen LogP contribution in [-0.2, 0) is 9.31 Å². The topological polar surface area (TPSA) is 71.7 Å². The minimum absolute atomic E-state index is 0.00576. The van der Waals surface area contributed by atoms with E-state index in [0.717, 1.165) is 5.46 Å². The zero-order valence-electron chi connectivity index (χ0n) is 15.3. The summed E-state index contributed by atoms with van der Waals surface area (Å²) in [6, 6.07) is 7.45. The van der Waals surface area contributed by atoms with E-state index in [0.29, 0.717) is 17.9 Å². The summed E-state index contributed by atoms with van der Waals surface area (Å²) < 4.78 is 17.9. The maximum Gasteiger partial charge on any atom is 0.494 e. The standard InChI is InChI=1S/C18H26BNO4/c1-16(2,11-21)12-22-15-9-14(8-7-13(15)10-20)19-23-17(3,4)18(5,6)24-19/h7-9,21H,11-12H2,1-6H3. The second kappa shape index (κ2) is 6.40. The molecule has 130 valence electrons. The number of hydrogen-bond donors (Lipinski definition) is 1. The van der Waals surface area contributed by atoms with E-state index in [2.05, 4.69) is 6.07 Å². The Morgan fingerprint density at radius 2 is 1.79 bits per heavy atom. The summed E-state index contributed by atoms with van der Waals surface area (Å²) in [5.74, 6) is 0.478. The molecule has 0 bridgehead atoms. The van der Waals surface area contributed by atoms with Gasteiger partial charge in [-0.15, -0.1) is 0 Å². The molecule has 0 saturated carbocycles. The number of rotatable bonds is 5. The van der Waals surface area contributed by atoms with Gasteiger partial charge in [-0.1, -0.05) is 19.9 Å². The van der Waals surface area contributed by atoms with Crippen LogP contribution in [0.3, 0.4) is 0 Å². The van der Waals surface area contributed by atoms with Crippen LogP contribution in [0.25, 0.3) is 0 Å². The van der Waals surface area contributed by atoms with E-state index in [-0.39, 0.29) is 12.0 Å². The van der Waals surface area contributed by atoms with Crippen molar-refractivity contribution in [2.24, 2.45) is 5.41 Å². The second-order valence-corrected chi connectivity index (χ2v) is 8.07. The number of nitrogens with zero attached hydrogens (tertiary/aromatic N) is 1. The van der Waals surface area contributed by atoms with Crippen molar-refractivity contribution in [3.05, 3.63) is 23.8 Å². The monoisotopic (exact) mass is 331 g/mol. The lowest BCUT2D eigenvalue weighted by Gasteiger charge is -2.32. The van der Waals surface area contributed by atoms with E-state index in [1.54, 1.807) is 12.1 Å². The lowest BCUT2D eigenvalue weighted by atomic mass is 9.78. The van der Waals surface area contributed by atoms with Crippen LogP contribution < -0.4 is 10.2 Å². The highest BCUT2D eigenvalue weighted by Crippen LogP contribution is 2.36. The zero-order chi connectivity index (χ0) is 18.2. The molecular formula is C18H26BNO4. The first-order chi connectivity index (χ1) is 11.0. The van der Waals surface area contributed by atoms with Crippen LogP contribution >= 0.6 is 0 Å². The Balaban J connectivity index is 2.25. The van der Waals surface area contributed by atoms with E-state index in [4.69, 9.17) is 14.0 Å². The van der Waals surface area contributed by atoms with Gasteiger partial charge in [0.25, 0.3) is 0 Å². The summed E-state index contributed by atoms with van der Waals surface area (Å²) in [7, 11) is -0.504. The molecule has 1 aliphatic rings. The Morgan fingerprint density at radius 1 is 1.21 bits per heavy atom. The molecule has 2 rings (SSSR count). The Labute approximate surface area is 144 Å². The Bertz CT molecular complexity index is 633. The third kappa shape index (κ3) is 3.75. The molecule has 0 aromatic heterocycles. The number of benzene rings is 1. The summed E-state index contributed by atoms with van der Waals surface area (Å²) in [5.41, 5.74) is 0.0257. The molecule has 24 heavy (non-hydrogen) atoms. The molecule has 6 heteroatoms. The van der Waals surface area contributed by atoms with Crippen LogP contribution in [0.1, 0.15) is 47.1 Å². The minimum atomic E-state index is -0.504. The Kier molecular flexibility index (Phi) is 5.01. The molecule has 0 aliphatic carbocycles. The second-order valence-electron chi connectivity index (χ2n) is 8.07. The summed E-state index contributed by atoms with van der Waals surface area (Å²) >= 11 is 0. The van der Waals surface area contributed by atoms with Crippen molar-refractivity contribution in [3.63, 3.8) is 0 Å². The van der Waals surface area contributed by atoms with Crippen molar-refractivity contribution in [2.75, 3.05) is 13.2 Å². The van der Waals surface area contributed by atoms with Gasteiger partial charge in [0, 0.05) is 5.41 Å². The number of nitriles is 1. The van der Waals surface area contributed by atoms with E-state index in [9.17, 15) is 10.4 Å². The molecule has 1 aliphatic heterocycles. The van der Waals surface area contributed by atoms with Crippen LogP contribution in [0.5, 0.6) is 5.75 Å². The van der Waals surface area contributed by atoms with E-state index < -0.39 is 18.3 Å². The molecule has 0 radical (unpaired) electrons. The third-order valence-electron chi connectivity index (χ3n) is 4.70. The molecule has 0 unspecified atom stereocenters. The van der Waals surface area contributed by atoms with E-state index in [1.165, 1.54) is 0 Å². The molecule has 1 fully saturated rings. The zero-order valence-corrected chi connectivity index (χ0v) is 15.3. The Hall–Kier alpha value is -1.55. The van der Waals surface area contributed by atoms with Crippen molar-refractivity contribution in [2.45, 2.75) is 52.7 Å². The summed E-state index contributed by atoms with van der Waals surface area (Å²) in [4.78, 5) is 0. The molecule has 1 aromatic carbocycles. The fourth-order valence-corrected chi connectivity index (χ4v) is 2.20. The predicted octanol–water partition coefficient (Wildman–Crippen LogP) is 2.25. The maximum atomic E-state index is 9.36. The first-order valence-corrected chi connectivity index (χ1v) is 8.15. The van der Waals surface area contributed by atoms with Crippen molar-refractivity contribution >= 4 is 12.6 Å². The minimum Gasteiger partial charge on any atom is -0.492 e. The molecule has 1 heterocycles. The lowest BCUT2D eigenvalue weighted by molar-refractivity contribution is 0.00578. The van der Waals surface area contributed by atoms with Gasteiger partial charge in [-0.3, -0.25) is 0 Å². The smallest absolute Gasteiger partial charge is 0.492 e. The number of ether oxygens (including phenoxy) is 1. The summed E-state index contributed by atoms with van der Waals surface area (Å²) in [6.45, 7) is 12.1. The van der Waals surface area contributed by atoms with Gasteiger partial charge >= 0.3 is 7.12 Å². The third-order valence-corrected chi connectivity index (χ3v) is 4.70. The van der Waals surface area contributed by atoms with E-state index >= 15 is 0 Å². The summed E-state index contributed by atoms with van der Waals surface area (Å²) in [5, 5.41) is 18.6. The molecule has 1 aromatic rings. The SMILES string of the molecule is CC(C)(CO)COc1cc(B2OC(C)(C)C(C)(C)O2)ccc1C#N. The number of aliphatic hydroxyl groups is 1. The van der Waals surface area contributed by atoms with Crippen molar-refractivity contribution in [1.82, 2.24) is 0 Å². The fourth-order valence-electron chi connectivity index (χ4n) is 2.20. The fraction of sp³-hybridized carbons (Fsp3) is 0.611. The van der Waals surface area contributed by atoms with Gasteiger partial charge in [0.15, 0.2) is 0 Å². The maximum absolute atomic E-state index is 9.36. The van der Waals surface area contributed by atoms with E-state index in [1.807, 2.05) is 47.6 Å². The quantitative estimate of drug-likeness (QED) is 0.838. The molecule has 0 amide bonds. The molecule has 1 N–H and O–H groups in total. The van der Waals surface area contributed by atoms with Gasteiger partial charge in [0.1, 0.15) is 11.8 Å². The van der Waals surface area contributed by atoms with Gasteiger partial charge in [0.2, 0.25) is 0 Å². The average molecular weight is 331 g/mol. The molecule has 0 atom stereocenters. The molecule has 5 nitrogen and oxygen atoms in total. The summed E-state index contributed by atoms with van der Waals surface area (Å²) in [6.07, 6.45) is 0. The lowest BCUT2D eigenvalue weighted by Crippen LogP contribution is -2.41.